The van der Waals surface area contributed by atoms with Crippen LogP contribution in [-0.4, -0.2) is 32.5 Å². The molecular formula is C14H15NO4S. The van der Waals surface area contributed by atoms with Gasteiger partial charge in [0.25, 0.3) is 5.91 Å². The molecule has 0 aliphatic carbocycles. The van der Waals surface area contributed by atoms with Crippen molar-refractivity contribution in [2.75, 3.05) is 13.3 Å². The van der Waals surface area contributed by atoms with Crippen LogP contribution in [0.4, 0.5) is 0 Å². The van der Waals surface area contributed by atoms with E-state index in [1.54, 1.807) is 31.3 Å². The summed E-state index contributed by atoms with van der Waals surface area (Å²) in [4.78, 5) is 13.8. The van der Waals surface area contributed by atoms with E-state index < -0.39 is 9.84 Å². The molecule has 0 fully saturated rings. The van der Waals surface area contributed by atoms with Gasteiger partial charge in [0.15, 0.2) is 9.84 Å². The summed E-state index contributed by atoms with van der Waals surface area (Å²) in [6.45, 7) is 0.282. The summed E-state index contributed by atoms with van der Waals surface area (Å²) in [6.07, 6.45) is 2.61. The Kier molecular flexibility index (Phi) is 3.94. The molecule has 1 aromatic heterocycles. The lowest BCUT2D eigenvalue weighted by atomic mass is 10.2. The third-order valence-electron chi connectivity index (χ3n) is 2.84. The van der Waals surface area contributed by atoms with Gasteiger partial charge in [-0.1, -0.05) is 12.1 Å². The molecule has 1 amide bonds. The van der Waals surface area contributed by atoms with Crippen molar-refractivity contribution in [3.8, 4) is 0 Å². The van der Waals surface area contributed by atoms with Gasteiger partial charge in [-0.2, -0.15) is 0 Å². The first-order valence-electron chi connectivity index (χ1n) is 5.96. The van der Waals surface area contributed by atoms with Gasteiger partial charge in [0.1, 0.15) is 5.76 Å². The van der Waals surface area contributed by atoms with Gasteiger partial charge in [0.05, 0.1) is 23.3 Å². The van der Waals surface area contributed by atoms with E-state index in [0.717, 1.165) is 6.26 Å². The Balaban J connectivity index is 2.30. The molecule has 2 rings (SSSR count). The molecule has 0 aliphatic heterocycles. The summed E-state index contributed by atoms with van der Waals surface area (Å²) in [6, 6.07) is 9.67. The molecule has 2 aromatic rings. The Morgan fingerprint density at radius 2 is 1.90 bits per heavy atom. The van der Waals surface area contributed by atoms with E-state index in [1.807, 2.05) is 0 Å². The van der Waals surface area contributed by atoms with Crippen LogP contribution in [-0.2, 0) is 16.4 Å². The third kappa shape index (κ3) is 3.08. The Labute approximate surface area is 117 Å². The summed E-state index contributed by atoms with van der Waals surface area (Å²) < 4.78 is 28.6. The highest BCUT2D eigenvalue weighted by atomic mass is 32.2. The van der Waals surface area contributed by atoms with Crippen LogP contribution in [0.1, 0.15) is 16.1 Å². The zero-order valence-electron chi connectivity index (χ0n) is 11.2. The summed E-state index contributed by atoms with van der Waals surface area (Å²) in [5.41, 5.74) is 0.170. The zero-order valence-corrected chi connectivity index (χ0v) is 12.1. The van der Waals surface area contributed by atoms with Crippen LogP contribution in [0.5, 0.6) is 0 Å². The zero-order chi connectivity index (χ0) is 14.8. The molecule has 0 aliphatic rings. The molecule has 5 nitrogen and oxygen atoms in total. The number of carbonyl (C=O) groups excluding carboxylic acids is 1. The smallest absolute Gasteiger partial charge is 0.255 e. The maximum Gasteiger partial charge on any atom is 0.255 e. The minimum Gasteiger partial charge on any atom is -0.467 e. The first-order valence-corrected chi connectivity index (χ1v) is 7.85. The number of carbonyl (C=O) groups is 1. The van der Waals surface area contributed by atoms with E-state index in [0.29, 0.717) is 5.76 Å². The standard InChI is InChI=1S/C14H15NO4S/c1-15(10-11-6-5-9-19-11)14(16)12-7-3-4-8-13(12)20(2,17)18/h3-9H,10H2,1-2H3. The van der Waals surface area contributed by atoms with Crippen LogP contribution in [0.15, 0.2) is 52.0 Å². The Bertz CT molecular complexity index is 705. The van der Waals surface area contributed by atoms with Gasteiger partial charge >= 0.3 is 0 Å². The van der Waals surface area contributed by atoms with Gasteiger partial charge < -0.3 is 9.32 Å². The molecule has 6 heteroatoms. The van der Waals surface area contributed by atoms with Crippen LogP contribution in [0.3, 0.4) is 0 Å². The Morgan fingerprint density at radius 3 is 2.50 bits per heavy atom. The first kappa shape index (κ1) is 14.3. The fraction of sp³-hybridized carbons (Fsp3) is 0.214. The van der Waals surface area contributed by atoms with Crippen molar-refractivity contribution in [3.63, 3.8) is 0 Å². The molecule has 0 bridgehead atoms. The Morgan fingerprint density at radius 1 is 1.20 bits per heavy atom. The number of nitrogens with zero attached hydrogens (tertiary/aromatic N) is 1. The quantitative estimate of drug-likeness (QED) is 0.864. The van der Waals surface area contributed by atoms with E-state index in [4.69, 9.17) is 4.42 Å². The lowest BCUT2D eigenvalue weighted by Gasteiger charge is -2.17. The summed E-state index contributed by atoms with van der Waals surface area (Å²) >= 11 is 0. The topological polar surface area (TPSA) is 67.6 Å². The van der Waals surface area contributed by atoms with Gasteiger partial charge in [-0.05, 0) is 24.3 Å². The highest BCUT2D eigenvalue weighted by Crippen LogP contribution is 2.18. The maximum atomic E-state index is 12.4. The molecule has 20 heavy (non-hydrogen) atoms. The highest BCUT2D eigenvalue weighted by molar-refractivity contribution is 7.90. The lowest BCUT2D eigenvalue weighted by Crippen LogP contribution is -2.27. The molecule has 106 valence electrons. The predicted molar refractivity (Wildman–Crippen MR) is 74.1 cm³/mol. The number of rotatable bonds is 4. The number of hydrogen-bond acceptors (Lipinski definition) is 4. The van der Waals surface area contributed by atoms with Crippen LogP contribution in [0.25, 0.3) is 0 Å². The number of hydrogen-bond donors (Lipinski definition) is 0. The minimum absolute atomic E-state index is 0.0382. The molecule has 0 saturated carbocycles. The number of furan rings is 1. The average Bonchev–Trinajstić information content (AvgIpc) is 2.89. The highest BCUT2D eigenvalue weighted by Gasteiger charge is 2.21. The van der Waals surface area contributed by atoms with E-state index in [2.05, 4.69) is 0 Å². The van der Waals surface area contributed by atoms with Gasteiger partial charge in [-0.3, -0.25) is 4.79 Å². The third-order valence-corrected chi connectivity index (χ3v) is 3.99. The van der Waals surface area contributed by atoms with Gasteiger partial charge in [0, 0.05) is 13.3 Å². The molecule has 0 N–H and O–H groups in total. The normalized spacial score (nSPS) is 11.3. The molecular weight excluding hydrogens is 278 g/mol. The second-order valence-electron chi connectivity index (χ2n) is 4.51. The second-order valence-corrected chi connectivity index (χ2v) is 6.49. The second kappa shape index (κ2) is 5.50. The molecule has 0 spiro atoms. The molecule has 0 atom stereocenters. The fourth-order valence-electron chi connectivity index (χ4n) is 1.88. The molecule has 0 unspecified atom stereocenters. The van der Waals surface area contributed by atoms with E-state index in [9.17, 15) is 13.2 Å². The van der Waals surface area contributed by atoms with Crippen molar-refractivity contribution in [3.05, 3.63) is 54.0 Å². The van der Waals surface area contributed by atoms with Crippen molar-refractivity contribution >= 4 is 15.7 Å². The molecule has 1 aromatic carbocycles. The Hall–Kier alpha value is -2.08. The van der Waals surface area contributed by atoms with Crippen LogP contribution < -0.4 is 0 Å². The van der Waals surface area contributed by atoms with Crippen molar-refractivity contribution < 1.29 is 17.6 Å². The van der Waals surface area contributed by atoms with E-state index in [1.165, 1.54) is 23.3 Å². The summed E-state index contributed by atoms with van der Waals surface area (Å²) in [5, 5.41) is 0. The maximum absolute atomic E-state index is 12.4. The van der Waals surface area contributed by atoms with Crippen molar-refractivity contribution in [1.29, 1.82) is 0 Å². The monoisotopic (exact) mass is 293 g/mol. The summed E-state index contributed by atoms with van der Waals surface area (Å²) in [7, 11) is -1.84. The number of sulfone groups is 1. The van der Waals surface area contributed by atoms with E-state index >= 15 is 0 Å². The van der Waals surface area contributed by atoms with Crippen LogP contribution >= 0.6 is 0 Å². The number of amides is 1. The summed E-state index contributed by atoms with van der Waals surface area (Å²) in [5.74, 6) is 0.278. The number of benzene rings is 1. The van der Waals surface area contributed by atoms with Crippen molar-refractivity contribution in [2.45, 2.75) is 11.4 Å². The molecule has 0 saturated heterocycles. The predicted octanol–water partition coefficient (Wildman–Crippen LogP) is 1.96. The fourth-order valence-corrected chi connectivity index (χ4v) is 2.76. The SMILES string of the molecule is CN(Cc1ccco1)C(=O)c1ccccc1S(C)(=O)=O. The van der Waals surface area contributed by atoms with Crippen molar-refractivity contribution in [2.24, 2.45) is 0 Å². The van der Waals surface area contributed by atoms with Gasteiger partial charge in [0.2, 0.25) is 0 Å². The molecule has 0 radical (unpaired) electrons. The van der Waals surface area contributed by atoms with Gasteiger partial charge in [-0.15, -0.1) is 0 Å². The first-order chi connectivity index (χ1) is 9.39. The van der Waals surface area contributed by atoms with Crippen LogP contribution in [0, 0.1) is 0 Å². The van der Waals surface area contributed by atoms with Crippen molar-refractivity contribution in [1.82, 2.24) is 4.90 Å². The lowest BCUT2D eigenvalue weighted by molar-refractivity contribution is 0.0771. The van der Waals surface area contributed by atoms with E-state index in [-0.39, 0.29) is 22.9 Å². The van der Waals surface area contributed by atoms with Gasteiger partial charge in [-0.25, -0.2) is 8.42 Å². The average molecular weight is 293 g/mol. The molecule has 1 heterocycles. The largest absolute Gasteiger partial charge is 0.467 e. The van der Waals surface area contributed by atoms with Crippen LogP contribution in [0.2, 0.25) is 0 Å². The minimum atomic E-state index is -3.44.